The molecule has 0 aromatic carbocycles. The first-order chi connectivity index (χ1) is 3.81. The molecule has 0 aliphatic rings. The Morgan fingerprint density at radius 2 is 2.38 bits per heavy atom. The molecule has 0 atom stereocenters. The molecule has 0 heterocycles. The van der Waals surface area contributed by atoms with E-state index in [9.17, 15) is 4.79 Å². The van der Waals surface area contributed by atoms with Crippen LogP contribution < -0.4 is 0 Å². The van der Waals surface area contributed by atoms with Gasteiger partial charge in [-0.1, -0.05) is 0 Å². The Hall–Kier alpha value is 0.0983. The average molecular weight is 293 g/mol. The molecule has 0 aliphatic carbocycles. The van der Waals surface area contributed by atoms with Crippen LogP contribution in [0.1, 0.15) is 13.8 Å². The van der Waals surface area contributed by atoms with Crippen molar-refractivity contribution in [3.63, 3.8) is 0 Å². The van der Waals surface area contributed by atoms with Crippen LogP contribution in [-0.4, -0.2) is 4.17 Å². The quantitative estimate of drug-likeness (QED) is 0.723. The van der Waals surface area contributed by atoms with Crippen LogP contribution in [0.15, 0.2) is 12.2 Å². The molecule has 1 nitrogen and oxygen atoms in total. The van der Waals surface area contributed by atoms with Gasteiger partial charge in [0, 0.05) is 0 Å². The van der Waals surface area contributed by atoms with Crippen LogP contribution in [0.4, 0.5) is 0 Å². The van der Waals surface area contributed by atoms with Crippen molar-refractivity contribution in [2.45, 2.75) is 18.7 Å². The molecule has 0 saturated heterocycles. The van der Waals surface area contributed by atoms with Crippen molar-refractivity contribution in [1.29, 1.82) is 0 Å². The van der Waals surface area contributed by atoms with Gasteiger partial charge in [-0.05, 0) is 0 Å². The predicted octanol–water partition coefficient (Wildman–Crippen LogP) is 1.61. The summed E-state index contributed by atoms with van der Waals surface area (Å²) in [6, 6.07) is 0. The third-order valence-corrected chi connectivity index (χ3v) is 2.48. The molecule has 0 aromatic heterocycles. The third kappa shape index (κ3) is 4.26. The molecular weight excluding hydrogens is 283 g/mol. The van der Waals surface area contributed by atoms with Crippen LogP contribution in [0.5, 0.6) is 0 Å². The van der Waals surface area contributed by atoms with Crippen LogP contribution in [0.3, 0.4) is 0 Å². The Morgan fingerprint density at radius 1 is 1.75 bits per heavy atom. The summed E-state index contributed by atoms with van der Waals surface area (Å²) in [6.45, 7) is 3.92. The number of carbonyl (C=O) groups is 1. The molecule has 50 valence electrons. The van der Waals surface area contributed by atoms with Gasteiger partial charge in [0.15, 0.2) is 0 Å². The molecule has 0 radical (unpaired) electrons. The number of carbonyl (C=O) groups excluding carboxylic acids is 1. The normalized spacial score (nSPS) is 10.8. The van der Waals surface area contributed by atoms with Gasteiger partial charge in [0.05, 0.1) is 0 Å². The molecule has 0 bridgehead atoms. The first-order valence-corrected chi connectivity index (χ1v) is 5.24. The standard InChI is InChI=1S/C4H5O.C2H5.Pt/c1-2-3-4-5;1-2;/h2-3H,1H3;1H2,2H3;. The zero-order chi connectivity index (χ0) is 6.41. The Kier molecular flexibility index (Phi) is 5.30. The summed E-state index contributed by atoms with van der Waals surface area (Å²) >= 11 is -0.176. The van der Waals surface area contributed by atoms with Gasteiger partial charge >= 0.3 is 58.3 Å². The molecule has 0 fully saturated rings. The summed E-state index contributed by atoms with van der Waals surface area (Å²) in [5.41, 5.74) is 0. The zero-order valence-electron chi connectivity index (χ0n) is 5.09. The summed E-state index contributed by atoms with van der Waals surface area (Å²) < 4.78 is 0.343. The summed E-state index contributed by atoms with van der Waals surface area (Å²) in [5, 5.41) is 0. The van der Waals surface area contributed by atoms with E-state index in [1.807, 2.05) is 6.92 Å². The fourth-order valence-corrected chi connectivity index (χ4v) is 1.71. The molecule has 0 N–H and O–H groups in total. The fourth-order valence-electron chi connectivity index (χ4n) is 0.268. The molecule has 0 spiro atoms. The number of hydrogen-bond acceptors (Lipinski definition) is 1. The van der Waals surface area contributed by atoms with Crippen LogP contribution in [0.25, 0.3) is 0 Å². The van der Waals surface area contributed by atoms with Gasteiger partial charge in [-0.2, -0.15) is 0 Å². The predicted molar refractivity (Wildman–Crippen MR) is 30.3 cm³/mol. The summed E-state index contributed by atoms with van der Waals surface area (Å²) in [4.78, 5) is 11.7. The number of hydrogen-bond donors (Lipinski definition) is 0. The zero-order valence-corrected chi connectivity index (χ0v) is 7.36. The molecule has 0 saturated carbocycles. The molecule has 2 heteroatoms. The van der Waals surface area contributed by atoms with Crippen molar-refractivity contribution in [3.8, 4) is 0 Å². The van der Waals surface area contributed by atoms with Crippen molar-refractivity contribution in [2.75, 3.05) is 0 Å². The van der Waals surface area contributed by atoms with Crippen LogP contribution in [0, 0.1) is 0 Å². The van der Waals surface area contributed by atoms with Gasteiger partial charge in [-0.3, -0.25) is 0 Å². The van der Waals surface area contributed by atoms with E-state index in [1.54, 1.807) is 12.2 Å². The number of allylic oxidation sites excluding steroid dienone is 2. The fraction of sp³-hybridized carbons (Fsp3) is 0.500. The Balaban J connectivity index is 3.33. The molecule has 8 heavy (non-hydrogen) atoms. The van der Waals surface area contributed by atoms with Crippen molar-refractivity contribution in [1.82, 2.24) is 0 Å². The van der Waals surface area contributed by atoms with Crippen LogP contribution >= 0.6 is 0 Å². The monoisotopic (exact) mass is 293 g/mol. The van der Waals surface area contributed by atoms with E-state index in [0.717, 1.165) is 4.81 Å². The van der Waals surface area contributed by atoms with E-state index < -0.39 is 0 Å². The summed E-state index contributed by atoms with van der Waals surface area (Å²) in [6.07, 6.45) is 3.47. The van der Waals surface area contributed by atoms with Gasteiger partial charge in [-0.15, -0.1) is 0 Å². The summed E-state index contributed by atoms with van der Waals surface area (Å²) in [5.74, 6) is 0. The minimum absolute atomic E-state index is 0.176. The van der Waals surface area contributed by atoms with E-state index in [4.69, 9.17) is 0 Å². The molecule has 0 aromatic rings. The molecular formula is C6H10OPt. The van der Waals surface area contributed by atoms with Gasteiger partial charge in [0.1, 0.15) is 0 Å². The second-order valence-electron chi connectivity index (χ2n) is 1.11. The van der Waals surface area contributed by atoms with Crippen LogP contribution in [-0.2, 0) is 23.4 Å². The van der Waals surface area contributed by atoms with Crippen LogP contribution in [0.2, 0.25) is 4.81 Å². The van der Waals surface area contributed by atoms with E-state index in [-0.39, 0.29) is 18.6 Å². The van der Waals surface area contributed by atoms with Gasteiger partial charge in [0.25, 0.3) is 0 Å². The third-order valence-electron chi connectivity index (χ3n) is 0.509. The first-order valence-electron chi connectivity index (χ1n) is 2.49. The maximum absolute atomic E-state index is 10.6. The van der Waals surface area contributed by atoms with Crippen molar-refractivity contribution in [3.05, 3.63) is 12.2 Å². The molecule has 0 amide bonds. The second-order valence-corrected chi connectivity index (χ2v) is 4.64. The second kappa shape index (κ2) is 5.24. The van der Waals surface area contributed by atoms with Gasteiger partial charge < -0.3 is 0 Å². The summed E-state index contributed by atoms with van der Waals surface area (Å²) in [7, 11) is 0. The van der Waals surface area contributed by atoms with Gasteiger partial charge in [0.2, 0.25) is 0 Å². The SMILES string of the molecule is CC=C[C](=O)[Pt][CH2]C. The Labute approximate surface area is 58.7 Å². The minimum atomic E-state index is -0.176. The van der Waals surface area contributed by atoms with Crippen molar-refractivity contribution < 1.29 is 23.4 Å². The van der Waals surface area contributed by atoms with E-state index in [0.29, 0.717) is 4.17 Å². The Bertz CT molecular complexity index is 96.7. The Morgan fingerprint density at radius 3 is 2.75 bits per heavy atom. The molecule has 0 unspecified atom stereocenters. The number of rotatable bonds is 3. The molecule has 0 rings (SSSR count). The first kappa shape index (κ1) is 8.10. The molecule has 0 aliphatic heterocycles. The topological polar surface area (TPSA) is 17.1 Å². The van der Waals surface area contributed by atoms with Crippen molar-refractivity contribution in [2.24, 2.45) is 0 Å². The van der Waals surface area contributed by atoms with Crippen molar-refractivity contribution >= 4 is 4.17 Å². The van der Waals surface area contributed by atoms with E-state index in [1.165, 1.54) is 0 Å². The van der Waals surface area contributed by atoms with E-state index >= 15 is 0 Å². The average Bonchev–Trinajstić information content (AvgIpc) is 1.68. The van der Waals surface area contributed by atoms with E-state index in [2.05, 4.69) is 6.92 Å². The maximum atomic E-state index is 10.6. The van der Waals surface area contributed by atoms with Gasteiger partial charge in [-0.25, -0.2) is 0 Å².